The van der Waals surface area contributed by atoms with Crippen LogP contribution in [0.25, 0.3) is 28.0 Å². The van der Waals surface area contributed by atoms with Crippen molar-refractivity contribution in [3.05, 3.63) is 60.3 Å². The minimum absolute atomic E-state index is 0.0888. The fourth-order valence-electron chi connectivity index (χ4n) is 4.56. The van der Waals surface area contributed by atoms with Crippen molar-refractivity contribution in [1.82, 2.24) is 44.5 Å². The van der Waals surface area contributed by atoms with Crippen LogP contribution in [-0.2, 0) is 27.4 Å². The van der Waals surface area contributed by atoms with Gasteiger partial charge in [0.2, 0.25) is 11.8 Å². The molecule has 214 valence electrons. The lowest BCUT2D eigenvalue weighted by molar-refractivity contribution is 0.0947. The summed E-state index contributed by atoms with van der Waals surface area (Å²) in [6, 6.07) is 5.61. The number of rotatable bonds is 10. The zero-order chi connectivity index (χ0) is 29.3. The molecule has 15 heteroatoms. The van der Waals surface area contributed by atoms with E-state index in [1.807, 2.05) is 38.4 Å². The van der Waals surface area contributed by atoms with Crippen molar-refractivity contribution in [2.45, 2.75) is 31.0 Å². The highest BCUT2D eigenvalue weighted by Gasteiger charge is 2.35. The molecule has 0 fully saturated rings. The van der Waals surface area contributed by atoms with E-state index in [0.717, 1.165) is 10.9 Å². The van der Waals surface area contributed by atoms with Crippen LogP contribution in [-0.4, -0.2) is 79.5 Å². The molecule has 0 aliphatic heterocycles. The molecular weight excluding hydrogens is 550 g/mol. The first-order valence-electron chi connectivity index (χ1n) is 12.5. The number of sulfone groups is 1. The summed E-state index contributed by atoms with van der Waals surface area (Å²) < 4.78 is 47.6. The van der Waals surface area contributed by atoms with Crippen LogP contribution < -0.4 is 9.47 Å². The van der Waals surface area contributed by atoms with E-state index in [9.17, 15) is 8.42 Å². The molecule has 0 radical (unpaired) electrons. The Morgan fingerprint density at radius 2 is 1.66 bits per heavy atom. The Morgan fingerprint density at radius 1 is 0.976 bits per heavy atom. The van der Waals surface area contributed by atoms with E-state index in [1.165, 1.54) is 32.2 Å². The fraction of sp³-hybridized carbons (Fsp3) is 0.346. The maximum Gasteiger partial charge on any atom is 0.245 e. The Morgan fingerprint density at radius 3 is 2.29 bits per heavy atom. The predicted molar refractivity (Wildman–Crippen MR) is 148 cm³/mol. The summed E-state index contributed by atoms with van der Waals surface area (Å²) in [6.45, 7) is 3.40. The first-order chi connectivity index (χ1) is 19.7. The number of methoxy groups -OCH3 is 3. The van der Waals surface area contributed by atoms with Gasteiger partial charge in [-0.1, -0.05) is 12.1 Å². The van der Waals surface area contributed by atoms with Gasteiger partial charge in [-0.25, -0.2) is 18.4 Å². The molecule has 0 spiro atoms. The van der Waals surface area contributed by atoms with Gasteiger partial charge >= 0.3 is 0 Å². The van der Waals surface area contributed by atoms with Gasteiger partial charge in [0.05, 0.1) is 19.5 Å². The standard InChI is InChI=1S/C26H29N9O5S/c1-15-10-27-23(28-11-15)22(38-4)16(2)41(36,37)13-19-31-32-24(18-9-7-8-17-12-34(3)33-20(17)18)35(19)21-25(39-5)29-14-30-26(21)40-6/h7-12,14,16,22H,13H2,1-6H3/t16-,22-/m0/s1. The van der Waals surface area contributed by atoms with E-state index in [0.29, 0.717) is 16.9 Å². The normalized spacial score (nSPS) is 13.3. The summed E-state index contributed by atoms with van der Waals surface area (Å²) >= 11 is 0. The molecular formula is C26H29N9O5S. The van der Waals surface area contributed by atoms with Crippen LogP contribution in [0.5, 0.6) is 11.8 Å². The Labute approximate surface area is 236 Å². The second kappa shape index (κ2) is 11.2. The van der Waals surface area contributed by atoms with Crippen molar-refractivity contribution < 1.29 is 22.6 Å². The highest BCUT2D eigenvalue weighted by molar-refractivity contribution is 7.91. The van der Waals surface area contributed by atoms with E-state index in [2.05, 4.69) is 35.2 Å². The number of ether oxygens (including phenoxy) is 3. The van der Waals surface area contributed by atoms with Crippen molar-refractivity contribution >= 4 is 20.7 Å². The number of aromatic nitrogens is 9. The van der Waals surface area contributed by atoms with Gasteiger partial charge in [0.15, 0.2) is 33.0 Å². The molecule has 0 amide bonds. The number of fused-ring (bicyclic) bond motifs is 1. The smallest absolute Gasteiger partial charge is 0.245 e. The van der Waals surface area contributed by atoms with Crippen LogP contribution >= 0.6 is 0 Å². The lowest BCUT2D eigenvalue weighted by atomic mass is 10.1. The first kappa shape index (κ1) is 28.0. The van der Waals surface area contributed by atoms with Crippen LogP contribution in [0.15, 0.2) is 43.1 Å². The van der Waals surface area contributed by atoms with Gasteiger partial charge in [-0.05, 0) is 25.5 Å². The molecule has 41 heavy (non-hydrogen) atoms. The van der Waals surface area contributed by atoms with Crippen molar-refractivity contribution in [2.24, 2.45) is 7.05 Å². The van der Waals surface area contributed by atoms with Gasteiger partial charge < -0.3 is 14.2 Å². The third-order valence-corrected chi connectivity index (χ3v) is 8.66. The van der Waals surface area contributed by atoms with E-state index in [1.54, 1.807) is 24.0 Å². The van der Waals surface area contributed by atoms with Crippen molar-refractivity contribution in [3.63, 3.8) is 0 Å². The molecule has 0 unspecified atom stereocenters. The number of hydrogen-bond donors (Lipinski definition) is 0. The summed E-state index contributed by atoms with van der Waals surface area (Å²) in [5.74, 6) is 0.431. The molecule has 0 aliphatic rings. The highest BCUT2D eigenvalue weighted by Crippen LogP contribution is 2.36. The molecule has 5 aromatic rings. The zero-order valence-electron chi connectivity index (χ0n) is 23.4. The van der Waals surface area contributed by atoms with Crippen molar-refractivity contribution in [2.75, 3.05) is 21.3 Å². The van der Waals surface area contributed by atoms with E-state index in [-0.39, 0.29) is 29.1 Å². The van der Waals surface area contributed by atoms with Gasteiger partial charge in [-0.2, -0.15) is 15.1 Å². The van der Waals surface area contributed by atoms with Crippen LogP contribution in [0.3, 0.4) is 0 Å². The molecule has 0 aliphatic carbocycles. The van der Waals surface area contributed by atoms with Crippen LogP contribution in [0.1, 0.15) is 30.2 Å². The summed E-state index contributed by atoms with van der Waals surface area (Å²) in [5.41, 5.74) is 2.35. The van der Waals surface area contributed by atoms with Crippen LogP contribution in [0.4, 0.5) is 0 Å². The largest absolute Gasteiger partial charge is 0.479 e. The molecule has 1 aromatic carbocycles. The second-order valence-corrected chi connectivity index (χ2v) is 11.7. The van der Waals surface area contributed by atoms with Gasteiger partial charge in [0.1, 0.15) is 23.7 Å². The third-order valence-electron chi connectivity index (χ3n) is 6.62. The molecule has 5 rings (SSSR count). The van der Waals surface area contributed by atoms with Crippen LogP contribution in [0, 0.1) is 6.92 Å². The molecule has 4 heterocycles. The summed E-state index contributed by atoms with van der Waals surface area (Å²) in [7, 11) is 2.19. The number of aryl methyl sites for hydroxylation is 2. The lowest BCUT2D eigenvalue weighted by Gasteiger charge is -2.22. The Kier molecular flexibility index (Phi) is 7.64. The highest BCUT2D eigenvalue weighted by atomic mass is 32.2. The Bertz CT molecular complexity index is 1780. The minimum Gasteiger partial charge on any atom is -0.479 e. The number of hydrogen-bond acceptors (Lipinski definition) is 12. The monoisotopic (exact) mass is 579 g/mol. The molecule has 0 N–H and O–H groups in total. The maximum absolute atomic E-state index is 13.9. The SMILES string of the molecule is COc1ncnc(OC)c1-n1c(CS(=O)(=O)[C@@H](C)[C@H](OC)c2ncc(C)cn2)nnc1-c1cccc2cn(C)nc12. The number of nitrogens with zero attached hydrogens (tertiary/aromatic N) is 9. The molecule has 0 bridgehead atoms. The average molecular weight is 580 g/mol. The molecule has 2 atom stereocenters. The summed E-state index contributed by atoms with van der Waals surface area (Å²) in [4.78, 5) is 17.0. The first-order valence-corrected chi connectivity index (χ1v) is 14.2. The zero-order valence-corrected chi connectivity index (χ0v) is 24.2. The summed E-state index contributed by atoms with van der Waals surface area (Å²) in [6.07, 6.45) is 5.47. The van der Waals surface area contributed by atoms with Gasteiger partial charge in [-0.3, -0.25) is 9.25 Å². The Balaban J connectivity index is 1.67. The molecule has 0 saturated carbocycles. The molecule has 0 saturated heterocycles. The van der Waals surface area contributed by atoms with E-state index in [4.69, 9.17) is 14.2 Å². The average Bonchev–Trinajstić information content (AvgIpc) is 3.55. The fourth-order valence-corrected chi connectivity index (χ4v) is 5.98. The summed E-state index contributed by atoms with van der Waals surface area (Å²) in [5, 5.41) is 13.2. The third kappa shape index (κ3) is 5.20. The maximum atomic E-state index is 13.9. The van der Waals surface area contributed by atoms with Gasteiger partial charge in [0.25, 0.3) is 0 Å². The molecule has 14 nitrogen and oxygen atoms in total. The minimum atomic E-state index is -3.93. The number of benzene rings is 1. The van der Waals surface area contributed by atoms with E-state index >= 15 is 0 Å². The topological polar surface area (TPSA) is 162 Å². The van der Waals surface area contributed by atoms with Gasteiger partial charge in [0, 0.05) is 43.7 Å². The van der Waals surface area contributed by atoms with Crippen molar-refractivity contribution in [3.8, 4) is 28.8 Å². The van der Waals surface area contributed by atoms with E-state index < -0.39 is 26.9 Å². The predicted octanol–water partition coefficient (Wildman–Crippen LogP) is 2.42. The van der Waals surface area contributed by atoms with Gasteiger partial charge in [-0.15, -0.1) is 10.2 Å². The Hall–Kier alpha value is -4.50. The molecule has 4 aromatic heterocycles. The second-order valence-electron chi connectivity index (χ2n) is 9.35. The lowest BCUT2D eigenvalue weighted by Crippen LogP contribution is -2.30. The van der Waals surface area contributed by atoms with Crippen LogP contribution in [0.2, 0.25) is 0 Å². The quantitative estimate of drug-likeness (QED) is 0.238. The van der Waals surface area contributed by atoms with Crippen molar-refractivity contribution in [1.29, 1.82) is 0 Å².